The third-order valence-corrected chi connectivity index (χ3v) is 4.65. The minimum absolute atomic E-state index is 0.212. The molecule has 108 valence electrons. The van der Waals surface area contributed by atoms with Crippen molar-refractivity contribution in [2.24, 2.45) is 5.92 Å². The molecular weight excluding hydrogens is 252 g/mol. The van der Waals surface area contributed by atoms with Gasteiger partial charge in [0.25, 0.3) is 0 Å². The Morgan fingerprint density at radius 1 is 1.25 bits per heavy atom. The Balaban J connectivity index is 1.87. The Bertz CT molecular complexity index is 507. The van der Waals surface area contributed by atoms with E-state index >= 15 is 0 Å². The fourth-order valence-corrected chi connectivity index (χ4v) is 3.32. The van der Waals surface area contributed by atoms with Gasteiger partial charge in [0.15, 0.2) is 0 Å². The molecule has 4 nitrogen and oxygen atoms in total. The monoisotopic (exact) mass is 274 g/mol. The number of aliphatic carboxylic acids is 1. The van der Waals surface area contributed by atoms with Crippen molar-refractivity contribution in [2.75, 3.05) is 38.1 Å². The second kappa shape index (κ2) is 5.44. The molecule has 2 aliphatic rings. The van der Waals surface area contributed by atoms with Gasteiger partial charge >= 0.3 is 5.97 Å². The van der Waals surface area contributed by atoms with E-state index < -0.39 is 5.97 Å². The van der Waals surface area contributed by atoms with Gasteiger partial charge in [0.1, 0.15) is 0 Å². The number of benzene rings is 1. The number of likely N-dealkylation sites (N-methyl/N-ethyl adjacent to an activating group) is 1. The van der Waals surface area contributed by atoms with E-state index in [0.29, 0.717) is 6.42 Å². The van der Waals surface area contributed by atoms with Crippen LogP contribution in [0.15, 0.2) is 18.2 Å². The molecule has 1 aromatic rings. The van der Waals surface area contributed by atoms with Crippen molar-refractivity contribution >= 4 is 11.7 Å². The first-order chi connectivity index (χ1) is 9.65. The van der Waals surface area contributed by atoms with Crippen LogP contribution in [0.4, 0.5) is 5.69 Å². The van der Waals surface area contributed by atoms with E-state index in [1.807, 2.05) is 0 Å². The van der Waals surface area contributed by atoms with Crippen molar-refractivity contribution in [2.45, 2.75) is 19.3 Å². The predicted octanol–water partition coefficient (Wildman–Crippen LogP) is 1.63. The van der Waals surface area contributed by atoms with Crippen molar-refractivity contribution in [1.29, 1.82) is 0 Å². The average Bonchev–Trinajstić information content (AvgIpc) is 2.47. The summed E-state index contributed by atoms with van der Waals surface area (Å²) in [7, 11) is 2.15. The number of anilines is 1. The van der Waals surface area contributed by atoms with E-state index in [1.54, 1.807) is 0 Å². The first-order valence-corrected chi connectivity index (χ1v) is 7.42. The lowest BCUT2D eigenvalue weighted by molar-refractivity contribution is -0.142. The standard InChI is InChI=1S/C16H22N2O2/c1-17-7-9-18(10-8-17)15-4-2-3-12-5-6-13(16(19)20)11-14(12)15/h2-4,13H,5-11H2,1H3,(H,19,20). The molecule has 1 atom stereocenters. The molecule has 0 amide bonds. The molecule has 0 saturated carbocycles. The lowest BCUT2D eigenvalue weighted by Gasteiger charge is -2.36. The van der Waals surface area contributed by atoms with Crippen LogP contribution in [0.25, 0.3) is 0 Å². The van der Waals surface area contributed by atoms with Gasteiger partial charge in [-0.3, -0.25) is 4.79 Å². The number of aryl methyl sites for hydroxylation is 1. The van der Waals surface area contributed by atoms with Crippen LogP contribution < -0.4 is 4.90 Å². The van der Waals surface area contributed by atoms with Crippen molar-refractivity contribution in [3.8, 4) is 0 Å². The lowest BCUT2D eigenvalue weighted by Crippen LogP contribution is -2.45. The number of hydrogen-bond acceptors (Lipinski definition) is 3. The van der Waals surface area contributed by atoms with E-state index in [0.717, 1.165) is 39.0 Å². The van der Waals surface area contributed by atoms with Gasteiger partial charge in [-0.15, -0.1) is 0 Å². The number of hydrogen-bond donors (Lipinski definition) is 1. The minimum Gasteiger partial charge on any atom is -0.481 e. The van der Waals surface area contributed by atoms with Crippen LogP contribution in [-0.4, -0.2) is 49.2 Å². The highest BCUT2D eigenvalue weighted by atomic mass is 16.4. The number of piperazine rings is 1. The first kappa shape index (κ1) is 13.4. The number of rotatable bonds is 2. The molecule has 1 fully saturated rings. The summed E-state index contributed by atoms with van der Waals surface area (Å²) in [5, 5.41) is 9.28. The molecule has 0 bridgehead atoms. The molecule has 3 rings (SSSR count). The third-order valence-electron chi connectivity index (χ3n) is 4.65. The second-order valence-electron chi connectivity index (χ2n) is 5.98. The van der Waals surface area contributed by atoms with Crippen molar-refractivity contribution in [3.05, 3.63) is 29.3 Å². The number of carboxylic acids is 1. The summed E-state index contributed by atoms with van der Waals surface area (Å²) in [6, 6.07) is 6.44. The molecule has 4 heteroatoms. The Hall–Kier alpha value is -1.55. The lowest BCUT2D eigenvalue weighted by atomic mass is 9.83. The van der Waals surface area contributed by atoms with E-state index in [1.165, 1.54) is 16.8 Å². The van der Waals surface area contributed by atoms with Gasteiger partial charge in [-0.05, 0) is 43.5 Å². The highest BCUT2D eigenvalue weighted by molar-refractivity contribution is 5.72. The zero-order valence-corrected chi connectivity index (χ0v) is 12.0. The van der Waals surface area contributed by atoms with Crippen LogP contribution >= 0.6 is 0 Å². The zero-order chi connectivity index (χ0) is 14.1. The maximum absolute atomic E-state index is 11.3. The minimum atomic E-state index is -0.649. The van der Waals surface area contributed by atoms with Gasteiger partial charge < -0.3 is 14.9 Å². The van der Waals surface area contributed by atoms with Gasteiger partial charge in [0.05, 0.1) is 5.92 Å². The fraction of sp³-hybridized carbons (Fsp3) is 0.562. The van der Waals surface area contributed by atoms with Gasteiger partial charge in [-0.25, -0.2) is 0 Å². The summed E-state index contributed by atoms with van der Waals surface area (Å²) in [6.07, 6.45) is 2.36. The Kier molecular flexibility index (Phi) is 3.66. The fourth-order valence-electron chi connectivity index (χ4n) is 3.32. The van der Waals surface area contributed by atoms with E-state index in [-0.39, 0.29) is 5.92 Å². The van der Waals surface area contributed by atoms with Gasteiger partial charge in [0.2, 0.25) is 0 Å². The normalized spacial score (nSPS) is 23.4. The molecule has 20 heavy (non-hydrogen) atoms. The maximum atomic E-state index is 11.3. The third kappa shape index (κ3) is 2.52. The van der Waals surface area contributed by atoms with Crippen molar-refractivity contribution in [1.82, 2.24) is 4.90 Å². The molecule has 1 N–H and O–H groups in total. The molecule has 0 spiro atoms. The Labute approximate surface area is 120 Å². The molecule has 1 aromatic carbocycles. The molecule has 1 unspecified atom stereocenters. The molecule has 1 heterocycles. The van der Waals surface area contributed by atoms with Crippen LogP contribution in [0.3, 0.4) is 0 Å². The number of nitrogens with zero attached hydrogens (tertiary/aromatic N) is 2. The molecule has 0 aromatic heterocycles. The summed E-state index contributed by atoms with van der Waals surface area (Å²) in [4.78, 5) is 16.0. The van der Waals surface area contributed by atoms with Gasteiger partial charge in [-0.2, -0.15) is 0 Å². The number of carbonyl (C=O) groups is 1. The average molecular weight is 274 g/mol. The molecular formula is C16H22N2O2. The topological polar surface area (TPSA) is 43.8 Å². The smallest absolute Gasteiger partial charge is 0.306 e. The molecule has 0 radical (unpaired) electrons. The number of carboxylic acid groups (broad SMARTS) is 1. The predicted molar refractivity (Wildman–Crippen MR) is 79.3 cm³/mol. The number of fused-ring (bicyclic) bond motifs is 1. The second-order valence-corrected chi connectivity index (χ2v) is 5.98. The van der Waals surface area contributed by atoms with Crippen LogP contribution in [0.1, 0.15) is 17.5 Å². The zero-order valence-electron chi connectivity index (χ0n) is 12.0. The summed E-state index contributed by atoms with van der Waals surface area (Å²) in [5.74, 6) is -0.861. The molecule has 1 aliphatic heterocycles. The van der Waals surface area contributed by atoms with E-state index in [9.17, 15) is 9.90 Å². The van der Waals surface area contributed by atoms with Crippen molar-refractivity contribution < 1.29 is 9.90 Å². The summed E-state index contributed by atoms with van der Waals surface area (Å²) >= 11 is 0. The SMILES string of the molecule is CN1CCN(c2cccc3c2CC(C(=O)O)CC3)CC1. The van der Waals surface area contributed by atoms with Crippen molar-refractivity contribution in [3.63, 3.8) is 0 Å². The Morgan fingerprint density at radius 2 is 2.00 bits per heavy atom. The summed E-state index contributed by atoms with van der Waals surface area (Å²) in [6.45, 7) is 4.22. The highest BCUT2D eigenvalue weighted by Gasteiger charge is 2.27. The van der Waals surface area contributed by atoms with Crippen LogP contribution in [0, 0.1) is 5.92 Å². The van der Waals surface area contributed by atoms with E-state index in [4.69, 9.17) is 0 Å². The maximum Gasteiger partial charge on any atom is 0.306 e. The largest absolute Gasteiger partial charge is 0.481 e. The molecule has 1 saturated heterocycles. The van der Waals surface area contributed by atoms with Crippen LogP contribution in [0.5, 0.6) is 0 Å². The quantitative estimate of drug-likeness (QED) is 0.890. The molecule has 1 aliphatic carbocycles. The highest BCUT2D eigenvalue weighted by Crippen LogP contribution is 2.33. The van der Waals surface area contributed by atoms with Crippen LogP contribution in [-0.2, 0) is 17.6 Å². The summed E-state index contributed by atoms with van der Waals surface area (Å²) in [5.41, 5.74) is 3.89. The first-order valence-electron chi connectivity index (χ1n) is 7.42. The summed E-state index contributed by atoms with van der Waals surface area (Å²) < 4.78 is 0. The van der Waals surface area contributed by atoms with Gasteiger partial charge in [-0.1, -0.05) is 12.1 Å². The van der Waals surface area contributed by atoms with Crippen LogP contribution in [0.2, 0.25) is 0 Å². The van der Waals surface area contributed by atoms with E-state index in [2.05, 4.69) is 35.0 Å². The Morgan fingerprint density at radius 3 is 2.70 bits per heavy atom. The van der Waals surface area contributed by atoms with Gasteiger partial charge in [0, 0.05) is 31.9 Å².